The van der Waals surface area contributed by atoms with E-state index in [2.05, 4.69) is 0 Å². The number of carboxylic acid groups (broad SMARTS) is 1. The average Bonchev–Trinajstić information content (AvgIpc) is 3.86. The molecule has 3 aliphatic rings. The number of benzene rings is 3. The molecule has 8 nitrogen and oxygen atoms in total. The minimum atomic E-state index is -1.51. The summed E-state index contributed by atoms with van der Waals surface area (Å²) in [5.74, 6) is -0.249. The Morgan fingerprint density at radius 2 is 1.42 bits per heavy atom. The number of carboxylic acids is 1. The molecule has 0 unspecified atom stereocenters. The summed E-state index contributed by atoms with van der Waals surface area (Å²) in [6.45, 7) is 0.123. The van der Waals surface area contributed by atoms with E-state index in [-0.39, 0.29) is 19.0 Å². The maximum atomic E-state index is 14.3. The SMILES string of the molecule is O=C(Oc1ccccc1)N1[C@@H](CC2CC2)CN(C(=O)N(c2ccccc2)c2ccccc2)[C@]2(C(=O)O)C[C@@H]12. The number of fused-ring (bicyclic) bond motifs is 1. The first-order valence-electron chi connectivity index (χ1n) is 13.0. The molecule has 6 rings (SSSR count). The Morgan fingerprint density at radius 3 is 1.95 bits per heavy atom. The lowest BCUT2D eigenvalue weighted by atomic mass is 10.0. The van der Waals surface area contributed by atoms with Gasteiger partial charge in [0, 0.05) is 13.0 Å². The van der Waals surface area contributed by atoms with Crippen LogP contribution in [0.25, 0.3) is 0 Å². The Hall–Kier alpha value is -4.33. The highest BCUT2D eigenvalue weighted by molar-refractivity contribution is 6.03. The zero-order valence-corrected chi connectivity index (χ0v) is 20.8. The second kappa shape index (κ2) is 9.52. The van der Waals surface area contributed by atoms with Gasteiger partial charge in [0.1, 0.15) is 5.75 Å². The van der Waals surface area contributed by atoms with Crippen LogP contribution in [0.5, 0.6) is 5.75 Å². The van der Waals surface area contributed by atoms with Gasteiger partial charge >= 0.3 is 18.1 Å². The van der Waals surface area contributed by atoms with Crippen LogP contribution in [0.15, 0.2) is 91.0 Å². The predicted octanol–water partition coefficient (Wildman–Crippen LogP) is 5.53. The number of rotatable bonds is 6. The molecule has 3 fully saturated rings. The van der Waals surface area contributed by atoms with Crippen molar-refractivity contribution in [3.8, 4) is 5.75 Å². The van der Waals surface area contributed by atoms with Gasteiger partial charge in [-0.1, -0.05) is 67.4 Å². The van der Waals surface area contributed by atoms with Crippen LogP contribution in [0.4, 0.5) is 21.0 Å². The molecule has 1 saturated heterocycles. The van der Waals surface area contributed by atoms with Crippen LogP contribution in [0.2, 0.25) is 0 Å². The van der Waals surface area contributed by atoms with Crippen LogP contribution in [-0.2, 0) is 4.79 Å². The van der Waals surface area contributed by atoms with Gasteiger partial charge in [-0.3, -0.25) is 9.80 Å². The Bertz CT molecular complexity index is 1290. The fraction of sp³-hybridized carbons (Fsp3) is 0.300. The standard InChI is InChI=1S/C30H29N3O5/c34-27(35)30-19-26(30)33(29(37)38-25-14-8-3-9-15-25)24(18-21-16-17-21)20-31(30)28(36)32(22-10-4-1-5-11-22)23-12-6-2-7-13-23/h1-15,21,24,26H,16-20H2,(H,34,35)/t24-,26+,30+/m0/s1. The van der Waals surface area contributed by atoms with Crippen LogP contribution >= 0.6 is 0 Å². The van der Waals surface area contributed by atoms with E-state index in [1.807, 2.05) is 66.7 Å². The van der Waals surface area contributed by atoms with Gasteiger partial charge in [-0.05, 0) is 48.7 Å². The molecule has 1 aliphatic heterocycles. The molecule has 0 spiro atoms. The molecule has 3 aromatic rings. The number of amides is 3. The Morgan fingerprint density at radius 1 is 0.868 bits per heavy atom. The summed E-state index contributed by atoms with van der Waals surface area (Å²) in [6, 6.07) is 25.8. The number of anilines is 2. The van der Waals surface area contributed by atoms with Crippen LogP contribution in [0, 0.1) is 5.92 Å². The van der Waals surface area contributed by atoms with E-state index in [1.54, 1.807) is 34.1 Å². The number of carbonyl (C=O) groups is 3. The number of urea groups is 1. The largest absolute Gasteiger partial charge is 0.479 e. The fourth-order valence-electron chi connectivity index (χ4n) is 5.65. The monoisotopic (exact) mass is 511 g/mol. The summed E-state index contributed by atoms with van der Waals surface area (Å²) >= 11 is 0. The van der Waals surface area contributed by atoms with E-state index < -0.39 is 29.7 Å². The summed E-state index contributed by atoms with van der Waals surface area (Å²) in [5, 5.41) is 10.5. The van der Waals surface area contributed by atoms with Crippen LogP contribution in [-0.4, -0.2) is 57.2 Å². The third kappa shape index (κ3) is 4.26. The summed E-state index contributed by atoms with van der Waals surface area (Å²) in [6.07, 6.45) is 2.44. The van der Waals surface area contributed by atoms with Gasteiger partial charge in [0.05, 0.1) is 23.5 Å². The molecule has 194 valence electrons. The number of hydrogen-bond donors (Lipinski definition) is 1. The smallest absolute Gasteiger partial charge is 0.415 e. The van der Waals surface area contributed by atoms with E-state index in [0.29, 0.717) is 29.5 Å². The number of aliphatic carboxylic acids is 1. The van der Waals surface area contributed by atoms with E-state index in [1.165, 1.54) is 4.90 Å². The molecule has 1 heterocycles. The van der Waals surface area contributed by atoms with Crippen molar-refractivity contribution in [1.82, 2.24) is 9.80 Å². The topological polar surface area (TPSA) is 90.4 Å². The molecular formula is C30H29N3O5. The molecule has 0 radical (unpaired) electrons. The van der Waals surface area contributed by atoms with Gasteiger partial charge in [-0.2, -0.15) is 0 Å². The lowest BCUT2D eigenvalue weighted by Crippen LogP contribution is -2.65. The van der Waals surface area contributed by atoms with Crippen molar-refractivity contribution in [2.24, 2.45) is 5.92 Å². The van der Waals surface area contributed by atoms with Crippen molar-refractivity contribution in [3.63, 3.8) is 0 Å². The lowest BCUT2D eigenvalue weighted by Gasteiger charge is -2.45. The highest BCUT2D eigenvalue weighted by Gasteiger charge is 2.73. The lowest BCUT2D eigenvalue weighted by molar-refractivity contribution is -0.146. The summed E-state index contributed by atoms with van der Waals surface area (Å²) < 4.78 is 5.67. The van der Waals surface area contributed by atoms with Gasteiger partial charge < -0.3 is 14.7 Å². The molecule has 2 saturated carbocycles. The summed E-state index contributed by atoms with van der Waals surface area (Å²) in [5.41, 5.74) is -0.216. The van der Waals surface area contributed by atoms with E-state index in [4.69, 9.17) is 4.74 Å². The number of nitrogens with zero attached hydrogens (tertiary/aromatic N) is 3. The molecule has 38 heavy (non-hydrogen) atoms. The molecule has 3 amide bonds. The van der Waals surface area contributed by atoms with Crippen molar-refractivity contribution < 1.29 is 24.2 Å². The van der Waals surface area contributed by atoms with Gasteiger partial charge in [0.15, 0.2) is 5.54 Å². The third-order valence-electron chi connectivity index (χ3n) is 7.78. The van der Waals surface area contributed by atoms with Crippen LogP contribution in [0.1, 0.15) is 25.7 Å². The first-order valence-corrected chi connectivity index (χ1v) is 13.0. The number of carbonyl (C=O) groups excluding carboxylic acids is 2. The second-order valence-electron chi connectivity index (χ2n) is 10.3. The maximum absolute atomic E-state index is 14.3. The molecular weight excluding hydrogens is 482 g/mol. The molecule has 0 aromatic heterocycles. The Labute approximate surface area is 221 Å². The molecule has 3 atom stereocenters. The first-order chi connectivity index (χ1) is 18.5. The number of para-hydroxylation sites is 3. The second-order valence-corrected chi connectivity index (χ2v) is 10.3. The van der Waals surface area contributed by atoms with E-state index in [0.717, 1.165) is 12.8 Å². The normalized spacial score (nSPS) is 23.8. The summed E-state index contributed by atoms with van der Waals surface area (Å²) in [4.78, 5) is 45.2. The zero-order chi connectivity index (χ0) is 26.3. The number of hydrogen-bond acceptors (Lipinski definition) is 4. The molecule has 1 N–H and O–H groups in total. The minimum Gasteiger partial charge on any atom is -0.479 e. The Balaban J connectivity index is 1.36. The minimum absolute atomic E-state index is 0.123. The molecule has 2 aliphatic carbocycles. The maximum Gasteiger partial charge on any atom is 0.415 e. The fourth-order valence-corrected chi connectivity index (χ4v) is 5.65. The number of ether oxygens (including phenoxy) is 1. The van der Waals surface area contributed by atoms with Crippen molar-refractivity contribution in [2.45, 2.75) is 43.3 Å². The van der Waals surface area contributed by atoms with E-state index >= 15 is 0 Å². The van der Waals surface area contributed by atoms with Crippen molar-refractivity contribution >= 4 is 29.5 Å². The van der Waals surface area contributed by atoms with Crippen molar-refractivity contribution in [1.29, 1.82) is 0 Å². The third-order valence-corrected chi connectivity index (χ3v) is 7.78. The van der Waals surface area contributed by atoms with Gasteiger partial charge in [0.2, 0.25) is 0 Å². The van der Waals surface area contributed by atoms with Crippen molar-refractivity contribution in [2.75, 3.05) is 11.4 Å². The zero-order valence-electron chi connectivity index (χ0n) is 20.8. The van der Waals surface area contributed by atoms with Gasteiger partial charge in [-0.25, -0.2) is 14.4 Å². The van der Waals surface area contributed by atoms with Crippen molar-refractivity contribution in [3.05, 3.63) is 91.0 Å². The van der Waals surface area contributed by atoms with Gasteiger partial charge in [-0.15, -0.1) is 0 Å². The number of piperazine rings is 1. The molecule has 8 heteroatoms. The predicted molar refractivity (Wildman–Crippen MR) is 141 cm³/mol. The summed E-state index contributed by atoms with van der Waals surface area (Å²) in [7, 11) is 0. The average molecular weight is 512 g/mol. The highest BCUT2D eigenvalue weighted by atomic mass is 16.6. The van der Waals surface area contributed by atoms with Crippen LogP contribution < -0.4 is 9.64 Å². The van der Waals surface area contributed by atoms with Gasteiger partial charge in [0.25, 0.3) is 0 Å². The molecule has 0 bridgehead atoms. The van der Waals surface area contributed by atoms with Crippen LogP contribution in [0.3, 0.4) is 0 Å². The highest BCUT2D eigenvalue weighted by Crippen LogP contribution is 2.53. The molecule has 3 aromatic carbocycles. The first kappa shape index (κ1) is 24.0. The quantitative estimate of drug-likeness (QED) is 0.470. The van der Waals surface area contributed by atoms with E-state index in [9.17, 15) is 19.5 Å². The Kier molecular flexibility index (Phi) is 6.02.